The molecule has 0 heterocycles. The van der Waals surface area contributed by atoms with E-state index in [1.807, 2.05) is 20.8 Å². The normalized spacial score (nSPS) is 12.1. The van der Waals surface area contributed by atoms with Crippen molar-refractivity contribution in [2.24, 2.45) is 10.9 Å². The third kappa shape index (κ3) is 4.67. The number of benzene rings is 1. The zero-order valence-corrected chi connectivity index (χ0v) is 11.7. The average Bonchev–Trinajstić information content (AvgIpc) is 2.28. The molecule has 19 heavy (non-hydrogen) atoms. The van der Waals surface area contributed by atoms with Crippen molar-refractivity contribution in [1.82, 2.24) is 5.32 Å². The lowest BCUT2D eigenvalue weighted by Crippen LogP contribution is -2.43. The van der Waals surface area contributed by atoms with Crippen molar-refractivity contribution in [3.8, 4) is 0 Å². The Hall–Kier alpha value is -1.95. The lowest BCUT2D eigenvalue weighted by Gasteiger charge is -2.21. The number of carbonyl (C=O) groups is 1. The molecule has 104 valence electrons. The van der Waals surface area contributed by atoms with Crippen molar-refractivity contribution in [3.63, 3.8) is 0 Å². The molecule has 1 aromatic rings. The van der Waals surface area contributed by atoms with E-state index in [0.29, 0.717) is 16.3 Å². The topological polar surface area (TPSA) is 99.7 Å². The Morgan fingerprint density at radius 2 is 2.05 bits per heavy atom. The van der Waals surface area contributed by atoms with Gasteiger partial charge in [-0.3, -0.25) is 0 Å². The van der Waals surface area contributed by atoms with Crippen molar-refractivity contribution in [1.29, 1.82) is 0 Å². The molecule has 1 rings (SSSR count). The van der Waals surface area contributed by atoms with Crippen LogP contribution < -0.4 is 16.4 Å². The van der Waals surface area contributed by atoms with E-state index >= 15 is 0 Å². The lowest BCUT2D eigenvalue weighted by molar-refractivity contribution is 0.244. The van der Waals surface area contributed by atoms with Crippen LogP contribution in [-0.4, -0.2) is 22.6 Å². The largest absolute Gasteiger partial charge is 0.409 e. The molecule has 0 spiro atoms. The lowest BCUT2D eigenvalue weighted by atomic mass is 10.1. The molecule has 0 unspecified atom stereocenters. The van der Waals surface area contributed by atoms with Crippen LogP contribution in [0, 0.1) is 0 Å². The number of nitrogens with one attached hydrogen (secondary N) is 2. The van der Waals surface area contributed by atoms with Crippen LogP contribution in [0.1, 0.15) is 26.3 Å². The van der Waals surface area contributed by atoms with Gasteiger partial charge in [0.25, 0.3) is 0 Å². The molecule has 0 saturated carbocycles. The van der Waals surface area contributed by atoms with E-state index in [-0.39, 0.29) is 17.4 Å². The Labute approximate surface area is 116 Å². The minimum atomic E-state index is -0.383. The highest BCUT2D eigenvalue weighted by Crippen LogP contribution is 2.23. The van der Waals surface area contributed by atoms with Gasteiger partial charge in [0.1, 0.15) is 0 Å². The van der Waals surface area contributed by atoms with Crippen molar-refractivity contribution in [3.05, 3.63) is 28.8 Å². The first-order valence-electron chi connectivity index (χ1n) is 5.59. The van der Waals surface area contributed by atoms with E-state index in [1.54, 1.807) is 12.1 Å². The van der Waals surface area contributed by atoms with E-state index in [4.69, 9.17) is 22.5 Å². The number of carbonyl (C=O) groups excluding carboxylic acids is 1. The summed E-state index contributed by atoms with van der Waals surface area (Å²) in [6.07, 6.45) is 0. The van der Waals surface area contributed by atoms with Gasteiger partial charge in [-0.15, -0.1) is 0 Å². The van der Waals surface area contributed by atoms with Crippen LogP contribution in [0.15, 0.2) is 23.4 Å². The average molecular weight is 285 g/mol. The van der Waals surface area contributed by atoms with Gasteiger partial charge in [-0.05, 0) is 39.0 Å². The molecule has 0 aliphatic heterocycles. The SMILES string of the molecule is CC(C)(C)NC(=O)Nc1cc(C(N)=NO)ccc1Cl. The van der Waals surface area contributed by atoms with Gasteiger partial charge >= 0.3 is 6.03 Å². The minimum absolute atomic E-state index is 0.0593. The summed E-state index contributed by atoms with van der Waals surface area (Å²) in [7, 11) is 0. The van der Waals surface area contributed by atoms with Crippen molar-refractivity contribution < 1.29 is 10.0 Å². The van der Waals surface area contributed by atoms with E-state index in [1.165, 1.54) is 6.07 Å². The molecule has 0 radical (unpaired) electrons. The highest BCUT2D eigenvalue weighted by Gasteiger charge is 2.15. The van der Waals surface area contributed by atoms with Gasteiger partial charge in [-0.25, -0.2) is 4.79 Å². The number of oxime groups is 1. The summed E-state index contributed by atoms with van der Waals surface area (Å²) >= 11 is 5.97. The van der Waals surface area contributed by atoms with Crippen LogP contribution in [-0.2, 0) is 0 Å². The highest BCUT2D eigenvalue weighted by molar-refractivity contribution is 6.33. The van der Waals surface area contributed by atoms with Crippen LogP contribution in [0.3, 0.4) is 0 Å². The van der Waals surface area contributed by atoms with Crippen LogP contribution in [0.4, 0.5) is 10.5 Å². The quantitative estimate of drug-likeness (QED) is 0.290. The Morgan fingerprint density at radius 1 is 1.42 bits per heavy atom. The first-order chi connectivity index (χ1) is 8.73. The molecular weight excluding hydrogens is 268 g/mol. The standard InChI is InChI=1S/C12H17ClN4O2/c1-12(2,3)16-11(18)15-9-6-7(10(14)17-19)4-5-8(9)13/h4-6,19H,1-3H3,(H2,14,17)(H2,15,16,18). The number of urea groups is 1. The van der Waals surface area contributed by atoms with Gasteiger partial charge in [0, 0.05) is 11.1 Å². The van der Waals surface area contributed by atoms with Crippen molar-refractivity contribution in [2.75, 3.05) is 5.32 Å². The summed E-state index contributed by atoms with van der Waals surface area (Å²) in [5.74, 6) is -0.0593. The summed E-state index contributed by atoms with van der Waals surface area (Å²) < 4.78 is 0. The maximum Gasteiger partial charge on any atom is 0.319 e. The van der Waals surface area contributed by atoms with Gasteiger partial charge < -0.3 is 21.6 Å². The van der Waals surface area contributed by atoms with E-state index in [0.717, 1.165) is 0 Å². The number of hydrogen-bond acceptors (Lipinski definition) is 3. The van der Waals surface area contributed by atoms with Gasteiger partial charge in [0.15, 0.2) is 5.84 Å². The smallest absolute Gasteiger partial charge is 0.319 e. The number of nitrogens with zero attached hydrogens (tertiary/aromatic N) is 1. The van der Waals surface area contributed by atoms with Crippen LogP contribution in [0.2, 0.25) is 5.02 Å². The van der Waals surface area contributed by atoms with Gasteiger partial charge in [0.05, 0.1) is 10.7 Å². The maximum atomic E-state index is 11.7. The number of nitrogens with two attached hydrogens (primary N) is 1. The predicted octanol–water partition coefficient (Wildman–Crippen LogP) is 2.35. The van der Waals surface area contributed by atoms with Crippen LogP contribution >= 0.6 is 11.6 Å². The fourth-order valence-corrected chi connectivity index (χ4v) is 1.50. The van der Waals surface area contributed by atoms with Gasteiger partial charge in [0.2, 0.25) is 0 Å². The van der Waals surface area contributed by atoms with Crippen LogP contribution in [0.25, 0.3) is 0 Å². The highest BCUT2D eigenvalue weighted by atomic mass is 35.5. The molecule has 2 amide bonds. The molecule has 0 fully saturated rings. The molecule has 0 aromatic heterocycles. The van der Waals surface area contributed by atoms with Gasteiger partial charge in [-0.1, -0.05) is 16.8 Å². The number of anilines is 1. The first-order valence-corrected chi connectivity index (χ1v) is 5.97. The third-order valence-corrected chi connectivity index (χ3v) is 2.44. The Kier molecular flexibility index (Phi) is 4.61. The summed E-state index contributed by atoms with van der Waals surface area (Å²) in [5.41, 5.74) is 5.95. The number of halogens is 1. The number of amidine groups is 1. The number of rotatable bonds is 2. The summed E-state index contributed by atoms with van der Waals surface area (Å²) in [6.45, 7) is 5.59. The second-order valence-electron chi connectivity index (χ2n) is 5.01. The fraction of sp³-hybridized carbons (Fsp3) is 0.333. The molecule has 7 heteroatoms. The maximum absolute atomic E-state index is 11.7. The van der Waals surface area contributed by atoms with Gasteiger partial charge in [-0.2, -0.15) is 0 Å². The van der Waals surface area contributed by atoms with E-state index in [9.17, 15) is 4.79 Å². The summed E-state index contributed by atoms with van der Waals surface area (Å²) in [5, 5.41) is 17.2. The fourth-order valence-electron chi connectivity index (χ4n) is 1.33. The Balaban J connectivity index is 2.92. The zero-order chi connectivity index (χ0) is 14.6. The van der Waals surface area contributed by atoms with E-state index < -0.39 is 0 Å². The molecule has 5 N–H and O–H groups in total. The molecule has 0 aliphatic rings. The number of amides is 2. The number of hydrogen-bond donors (Lipinski definition) is 4. The predicted molar refractivity (Wildman–Crippen MR) is 75.9 cm³/mol. The molecule has 0 saturated heterocycles. The van der Waals surface area contributed by atoms with Crippen molar-refractivity contribution >= 4 is 29.2 Å². The third-order valence-electron chi connectivity index (χ3n) is 2.11. The summed E-state index contributed by atoms with van der Waals surface area (Å²) in [4.78, 5) is 11.7. The molecule has 0 bridgehead atoms. The summed E-state index contributed by atoms with van der Waals surface area (Å²) in [6, 6.07) is 4.29. The molecule has 0 aliphatic carbocycles. The van der Waals surface area contributed by atoms with Crippen LogP contribution in [0.5, 0.6) is 0 Å². The van der Waals surface area contributed by atoms with E-state index in [2.05, 4.69) is 15.8 Å². The molecule has 1 aromatic carbocycles. The van der Waals surface area contributed by atoms with Crippen molar-refractivity contribution in [2.45, 2.75) is 26.3 Å². The molecule has 0 atom stereocenters. The first kappa shape index (κ1) is 15.1. The molecule has 6 nitrogen and oxygen atoms in total. The minimum Gasteiger partial charge on any atom is -0.409 e. The second-order valence-corrected chi connectivity index (χ2v) is 5.42. The molecular formula is C12H17ClN4O2. The Bertz CT molecular complexity index is 509. The Morgan fingerprint density at radius 3 is 2.58 bits per heavy atom. The zero-order valence-electron chi connectivity index (χ0n) is 11.0. The monoisotopic (exact) mass is 284 g/mol. The second kappa shape index (κ2) is 5.79.